The van der Waals surface area contributed by atoms with E-state index in [9.17, 15) is 14.4 Å². The van der Waals surface area contributed by atoms with Crippen molar-refractivity contribution < 1.29 is 33.3 Å². The molecule has 1 aromatic rings. The van der Waals surface area contributed by atoms with Crippen LogP contribution in [0.2, 0.25) is 0 Å². The van der Waals surface area contributed by atoms with Gasteiger partial charge in [0, 0.05) is 26.2 Å². The van der Waals surface area contributed by atoms with E-state index in [1.807, 2.05) is 0 Å². The molecule has 148 valence electrons. The average molecular weight is 380 g/mol. The monoisotopic (exact) mass is 380 g/mol. The lowest BCUT2D eigenvalue weighted by atomic mass is 10.2. The number of nitrogens with zero attached hydrogens (tertiary/aromatic N) is 2. The van der Waals surface area contributed by atoms with Crippen LogP contribution < -0.4 is 9.47 Å². The maximum atomic E-state index is 12.3. The van der Waals surface area contributed by atoms with Crippen LogP contribution in [0.25, 0.3) is 0 Å². The molecular weight excluding hydrogens is 356 g/mol. The molecule has 27 heavy (non-hydrogen) atoms. The first-order chi connectivity index (χ1) is 13.0. The van der Waals surface area contributed by atoms with Gasteiger partial charge in [-0.2, -0.15) is 0 Å². The van der Waals surface area contributed by atoms with E-state index in [2.05, 4.69) is 0 Å². The number of ether oxygens (including phenoxy) is 4. The lowest BCUT2D eigenvalue weighted by Gasteiger charge is -2.33. The van der Waals surface area contributed by atoms with Gasteiger partial charge in [0.1, 0.15) is 17.1 Å². The number of carbonyl (C=O) groups excluding carboxylic acids is 3. The fraction of sp³-hybridized carbons (Fsp3) is 0.500. The van der Waals surface area contributed by atoms with Gasteiger partial charge in [-0.1, -0.05) is 0 Å². The van der Waals surface area contributed by atoms with Crippen molar-refractivity contribution in [1.29, 1.82) is 0 Å². The van der Waals surface area contributed by atoms with Crippen molar-refractivity contribution in [2.45, 2.75) is 6.92 Å². The third-order valence-electron chi connectivity index (χ3n) is 4.11. The van der Waals surface area contributed by atoms with Crippen LogP contribution in [0, 0.1) is 0 Å². The Balaban J connectivity index is 1.87. The highest BCUT2D eigenvalue weighted by Crippen LogP contribution is 2.24. The van der Waals surface area contributed by atoms with Gasteiger partial charge < -0.3 is 28.7 Å². The third kappa shape index (κ3) is 5.25. The topological polar surface area (TPSA) is 94.6 Å². The molecule has 0 N–H and O–H groups in total. The molecule has 1 heterocycles. The van der Waals surface area contributed by atoms with E-state index in [1.54, 1.807) is 28.9 Å². The van der Waals surface area contributed by atoms with Gasteiger partial charge in [-0.3, -0.25) is 4.79 Å². The molecule has 1 fully saturated rings. The Morgan fingerprint density at radius 3 is 2.22 bits per heavy atom. The molecule has 0 spiro atoms. The highest BCUT2D eigenvalue weighted by atomic mass is 16.6. The van der Waals surface area contributed by atoms with Crippen LogP contribution in [0.3, 0.4) is 0 Å². The minimum Gasteiger partial charge on any atom is -0.497 e. The molecular formula is C18H24N2O7. The average Bonchev–Trinajstić information content (AvgIpc) is 2.71. The molecule has 1 saturated heterocycles. The fourth-order valence-corrected chi connectivity index (χ4v) is 2.62. The van der Waals surface area contributed by atoms with Crippen molar-refractivity contribution >= 4 is 18.0 Å². The zero-order valence-electron chi connectivity index (χ0n) is 15.7. The van der Waals surface area contributed by atoms with Gasteiger partial charge >= 0.3 is 12.1 Å². The first kappa shape index (κ1) is 20.3. The van der Waals surface area contributed by atoms with Gasteiger partial charge in [-0.15, -0.1) is 0 Å². The minimum atomic E-state index is -0.677. The SMILES string of the molecule is CCOC(=O)N1CCN(C(=O)COC(=O)c2cc(OC)ccc2OC)CC1. The highest BCUT2D eigenvalue weighted by molar-refractivity contribution is 5.94. The van der Waals surface area contributed by atoms with E-state index < -0.39 is 12.6 Å². The van der Waals surface area contributed by atoms with Crippen LogP contribution in [-0.2, 0) is 14.3 Å². The first-order valence-corrected chi connectivity index (χ1v) is 8.58. The smallest absolute Gasteiger partial charge is 0.409 e. The summed E-state index contributed by atoms with van der Waals surface area (Å²) in [7, 11) is 2.92. The second kappa shape index (κ2) is 9.65. The maximum Gasteiger partial charge on any atom is 0.409 e. The van der Waals surface area contributed by atoms with Crippen molar-refractivity contribution in [3.63, 3.8) is 0 Å². The Bertz CT molecular complexity index is 684. The Kier molecular flexibility index (Phi) is 7.27. The standard InChI is InChI=1S/C18H24N2O7/c1-4-26-18(23)20-9-7-19(8-10-20)16(21)12-27-17(22)14-11-13(24-2)5-6-15(14)25-3/h5-6,11H,4,7-10,12H2,1-3H3. The number of carbonyl (C=O) groups is 3. The summed E-state index contributed by atoms with van der Waals surface area (Å²) >= 11 is 0. The van der Waals surface area contributed by atoms with Gasteiger partial charge in [-0.25, -0.2) is 9.59 Å². The Labute approximate surface area is 157 Å². The predicted molar refractivity (Wildman–Crippen MR) is 95.0 cm³/mol. The lowest BCUT2D eigenvalue weighted by Crippen LogP contribution is -2.51. The molecule has 0 radical (unpaired) electrons. The normalized spacial score (nSPS) is 13.7. The molecule has 0 aromatic heterocycles. The summed E-state index contributed by atoms with van der Waals surface area (Å²) in [4.78, 5) is 39.3. The molecule has 0 aliphatic carbocycles. The van der Waals surface area contributed by atoms with Crippen LogP contribution >= 0.6 is 0 Å². The molecule has 1 aromatic carbocycles. The number of hydrogen-bond donors (Lipinski definition) is 0. The quantitative estimate of drug-likeness (QED) is 0.684. The summed E-state index contributed by atoms with van der Waals surface area (Å²) in [6, 6.07) is 4.74. The van der Waals surface area contributed by atoms with Gasteiger partial charge in [0.05, 0.1) is 20.8 Å². The van der Waals surface area contributed by atoms with Gasteiger partial charge in [0.15, 0.2) is 6.61 Å². The summed E-state index contributed by atoms with van der Waals surface area (Å²) in [5.74, 6) is -0.196. The summed E-state index contributed by atoms with van der Waals surface area (Å²) in [6.45, 7) is 3.13. The van der Waals surface area contributed by atoms with Gasteiger partial charge in [0.25, 0.3) is 5.91 Å². The zero-order chi connectivity index (χ0) is 19.8. The Morgan fingerprint density at radius 1 is 0.963 bits per heavy atom. The van der Waals surface area contributed by atoms with Crippen LogP contribution in [0.4, 0.5) is 4.79 Å². The molecule has 9 heteroatoms. The van der Waals surface area contributed by atoms with Crippen LogP contribution in [-0.4, -0.2) is 81.4 Å². The number of amides is 2. The van der Waals surface area contributed by atoms with Gasteiger partial charge in [-0.05, 0) is 25.1 Å². The predicted octanol–water partition coefficient (Wildman–Crippen LogP) is 1.16. The minimum absolute atomic E-state index is 0.178. The van der Waals surface area contributed by atoms with Crippen LogP contribution in [0.1, 0.15) is 17.3 Å². The molecule has 2 amide bonds. The largest absolute Gasteiger partial charge is 0.497 e. The molecule has 0 unspecified atom stereocenters. The van der Waals surface area contributed by atoms with E-state index in [1.165, 1.54) is 20.3 Å². The van der Waals surface area contributed by atoms with Crippen LogP contribution in [0.15, 0.2) is 18.2 Å². The Morgan fingerprint density at radius 2 is 1.63 bits per heavy atom. The second-order valence-corrected chi connectivity index (χ2v) is 5.71. The molecule has 0 atom stereocenters. The van der Waals surface area contributed by atoms with Crippen molar-refractivity contribution in [3.8, 4) is 11.5 Å². The summed E-state index contributed by atoms with van der Waals surface area (Å²) in [5, 5.41) is 0. The number of piperazine rings is 1. The number of benzene rings is 1. The molecule has 0 saturated carbocycles. The van der Waals surface area contributed by atoms with E-state index in [0.717, 1.165) is 0 Å². The fourth-order valence-electron chi connectivity index (χ4n) is 2.62. The summed E-state index contributed by atoms with van der Waals surface area (Å²) < 4.78 is 20.3. The van der Waals surface area contributed by atoms with E-state index in [-0.39, 0.29) is 17.6 Å². The lowest BCUT2D eigenvalue weighted by molar-refractivity contribution is -0.136. The third-order valence-corrected chi connectivity index (χ3v) is 4.11. The molecule has 1 aliphatic heterocycles. The zero-order valence-corrected chi connectivity index (χ0v) is 15.7. The first-order valence-electron chi connectivity index (χ1n) is 8.58. The summed E-state index contributed by atoms with van der Waals surface area (Å²) in [5.41, 5.74) is 0.178. The Hall–Kier alpha value is -2.97. The second-order valence-electron chi connectivity index (χ2n) is 5.71. The van der Waals surface area contributed by atoms with Crippen molar-refractivity contribution in [3.05, 3.63) is 23.8 Å². The van der Waals surface area contributed by atoms with Crippen molar-refractivity contribution in [2.75, 3.05) is 53.6 Å². The van der Waals surface area contributed by atoms with Crippen molar-refractivity contribution in [2.24, 2.45) is 0 Å². The van der Waals surface area contributed by atoms with E-state index >= 15 is 0 Å². The van der Waals surface area contributed by atoms with E-state index in [0.29, 0.717) is 44.3 Å². The molecule has 1 aliphatic rings. The van der Waals surface area contributed by atoms with Gasteiger partial charge in [0.2, 0.25) is 0 Å². The molecule has 9 nitrogen and oxygen atoms in total. The van der Waals surface area contributed by atoms with Crippen molar-refractivity contribution in [1.82, 2.24) is 9.80 Å². The number of esters is 1. The molecule has 0 bridgehead atoms. The highest BCUT2D eigenvalue weighted by Gasteiger charge is 2.26. The number of rotatable bonds is 6. The number of methoxy groups -OCH3 is 2. The summed E-state index contributed by atoms with van der Waals surface area (Å²) in [6.07, 6.45) is -0.388. The van der Waals surface area contributed by atoms with Crippen LogP contribution in [0.5, 0.6) is 11.5 Å². The van der Waals surface area contributed by atoms with E-state index in [4.69, 9.17) is 18.9 Å². The molecule has 2 rings (SSSR count). The maximum absolute atomic E-state index is 12.3. The number of hydrogen-bond acceptors (Lipinski definition) is 7.